The van der Waals surface area contributed by atoms with E-state index in [-0.39, 0.29) is 0 Å². The maximum atomic E-state index is 5.90. The van der Waals surface area contributed by atoms with Crippen molar-refractivity contribution in [1.82, 2.24) is 0 Å². The number of nitrogens with two attached hydrogens (primary N) is 2. The zero-order valence-corrected chi connectivity index (χ0v) is 13.8. The van der Waals surface area contributed by atoms with Gasteiger partial charge in [-0.05, 0) is 61.1 Å². The Hall–Kier alpha value is -2.48. The summed E-state index contributed by atoms with van der Waals surface area (Å²) in [4.78, 5) is 0. The number of rotatable bonds is 3. The molecule has 2 atom stereocenters. The molecule has 0 amide bonds. The van der Waals surface area contributed by atoms with Crippen LogP contribution in [0.4, 0.5) is 5.69 Å². The smallest absolute Gasteiger partial charge is 0.0314 e. The van der Waals surface area contributed by atoms with Crippen LogP contribution in [0.3, 0.4) is 0 Å². The molecule has 2 aromatic carbocycles. The van der Waals surface area contributed by atoms with Crippen molar-refractivity contribution in [2.75, 3.05) is 5.73 Å². The van der Waals surface area contributed by atoms with Gasteiger partial charge >= 0.3 is 0 Å². The molecule has 2 heteroatoms. The minimum Gasteiger partial charge on any atom is -0.399 e. The Bertz CT molecular complexity index is 754. The molecule has 0 bridgehead atoms. The fourth-order valence-corrected chi connectivity index (χ4v) is 3.44. The van der Waals surface area contributed by atoms with Gasteiger partial charge in [-0.15, -0.1) is 0 Å². The second-order valence-electron chi connectivity index (χ2n) is 6.47. The van der Waals surface area contributed by atoms with E-state index in [9.17, 15) is 0 Å². The Balaban J connectivity index is 2.06. The topological polar surface area (TPSA) is 52.0 Å². The molecule has 0 fully saturated rings. The average molecular weight is 304 g/mol. The maximum Gasteiger partial charge on any atom is 0.0314 e. The fourth-order valence-electron chi connectivity index (χ4n) is 3.44. The van der Waals surface area contributed by atoms with Gasteiger partial charge in [0.2, 0.25) is 0 Å². The van der Waals surface area contributed by atoms with Crippen LogP contribution in [0.1, 0.15) is 34.6 Å². The molecule has 0 aliphatic heterocycles. The molecule has 1 aliphatic rings. The van der Waals surface area contributed by atoms with E-state index in [1.165, 1.54) is 22.3 Å². The van der Waals surface area contributed by atoms with Gasteiger partial charge in [0.15, 0.2) is 0 Å². The van der Waals surface area contributed by atoms with Crippen LogP contribution in [0.2, 0.25) is 0 Å². The standard InChI is InChI=1S/C21H24N2/c1-14-3-12-20(15(2)13-14)21(16-4-8-18(22)9-5-16)17-6-10-19(23)11-7-17/h3-6,8-13,17,21H,7,22-23H2,1-2H3. The van der Waals surface area contributed by atoms with Crippen molar-refractivity contribution in [2.45, 2.75) is 26.2 Å². The Labute approximate surface area is 138 Å². The average Bonchev–Trinajstić information content (AvgIpc) is 2.53. The summed E-state index contributed by atoms with van der Waals surface area (Å²) in [6.45, 7) is 4.34. The van der Waals surface area contributed by atoms with Gasteiger partial charge in [-0.3, -0.25) is 0 Å². The lowest BCUT2D eigenvalue weighted by Crippen LogP contribution is -2.16. The molecule has 1 aliphatic carbocycles. The minimum atomic E-state index is 0.316. The summed E-state index contributed by atoms with van der Waals surface area (Å²) in [7, 11) is 0. The Morgan fingerprint density at radius 3 is 2.35 bits per heavy atom. The van der Waals surface area contributed by atoms with Gasteiger partial charge in [0, 0.05) is 17.3 Å². The molecule has 0 saturated carbocycles. The third-order valence-corrected chi connectivity index (χ3v) is 4.65. The zero-order chi connectivity index (χ0) is 16.4. The second kappa shape index (κ2) is 6.33. The van der Waals surface area contributed by atoms with Crippen LogP contribution in [-0.4, -0.2) is 0 Å². The van der Waals surface area contributed by atoms with Crippen LogP contribution in [-0.2, 0) is 0 Å². The third kappa shape index (κ3) is 3.31. The van der Waals surface area contributed by atoms with Crippen molar-refractivity contribution >= 4 is 5.69 Å². The molecule has 0 aromatic heterocycles. The molecule has 0 saturated heterocycles. The molecule has 0 heterocycles. The summed E-state index contributed by atoms with van der Waals surface area (Å²) >= 11 is 0. The van der Waals surface area contributed by atoms with Gasteiger partial charge in [-0.25, -0.2) is 0 Å². The first-order chi connectivity index (χ1) is 11.0. The minimum absolute atomic E-state index is 0.316. The Morgan fingerprint density at radius 2 is 1.74 bits per heavy atom. The van der Waals surface area contributed by atoms with Crippen molar-refractivity contribution in [3.8, 4) is 0 Å². The van der Waals surface area contributed by atoms with E-state index in [1.54, 1.807) is 0 Å². The molecule has 2 aromatic rings. The lowest BCUT2D eigenvalue weighted by Gasteiger charge is -2.28. The van der Waals surface area contributed by atoms with Crippen LogP contribution in [0.15, 0.2) is 66.4 Å². The maximum absolute atomic E-state index is 5.90. The van der Waals surface area contributed by atoms with Gasteiger partial charge in [0.25, 0.3) is 0 Å². The number of aryl methyl sites for hydroxylation is 2. The first kappa shape index (κ1) is 15.4. The summed E-state index contributed by atoms with van der Waals surface area (Å²) in [5, 5.41) is 0. The number of benzene rings is 2. The van der Waals surface area contributed by atoms with Crippen LogP contribution in [0, 0.1) is 19.8 Å². The molecule has 118 valence electrons. The fraction of sp³-hybridized carbons (Fsp3) is 0.238. The molecular formula is C21H24N2. The zero-order valence-electron chi connectivity index (χ0n) is 13.8. The van der Waals surface area contributed by atoms with E-state index in [4.69, 9.17) is 11.5 Å². The lowest BCUT2D eigenvalue weighted by molar-refractivity contribution is 0.567. The molecule has 0 spiro atoms. The predicted molar refractivity (Wildman–Crippen MR) is 98.1 cm³/mol. The molecule has 0 radical (unpaired) electrons. The highest BCUT2D eigenvalue weighted by Crippen LogP contribution is 2.38. The van der Waals surface area contributed by atoms with E-state index in [0.29, 0.717) is 11.8 Å². The summed E-state index contributed by atoms with van der Waals surface area (Å²) < 4.78 is 0. The van der Waals surface area contributed by atoms with Gasteiger partial charge in [0.1, 0.15) is 0 Å². The molecule has 4 N–H and O–H groups in total. The van der Waals surface area contributed by atoms with Crippen molar-refractivity contribution in [2.24, 2.45) is 11.7 Å². The highest BCUT2D eigenvalue weighted by Gasteiger charge is 2.25. The molecule has 2 unspecified atom stereocenters. The number of allylic oxidation sites excluding steroid dienone is 3. The Kier molecular flexibility index (Phi) is 4.24. The van der Waals surface area contributed by atoms with Gasteiger partial charge < -0.3 is 11.5 Å². The van der Waals surface area contributed by atoms with Gasteiger partial charge in [0.05, 0.1) is 0 Å². The summed E-state index contributed by atoms with van der Waals surface area (Å²) in [5.41, 5.74) is 18.7. The van der Waals surface area contributed by atoms with Crippen molar-refractivity contribution in [3.05, 3.63) is 88.6 Å². The van der Waals surface area contributed by atoms with Crippen LogP contribution >= 0.6 is 0 Å². The number of anilines is 1. The number of nitrogen functional groups attached to an aromatic ring is 1. The van der Waals surface area contributed by atoms with Crippen molar-refractivity contribution < 1.29 is 0 Å². The van der Waals surface area contributed by atoms with Crippen LogP contribution < -0.4 is 11.5 Å². The van der Waals surface area contributed by atoms with Crippen molar-refractivity contribution in [3.63, 3.8) is 0 Å². The van der Waals surface area contributed by atoms with Gasteiger partial charge in [-0.2, -0.15) is 0 Å². The highest BCUT2D eigenvalue weighted by atomic mass is 14.6. The van der Waals surface area contributed by atoms with E-state index >= 15 is 0 Å². The number of hydrogen-bond donors (Lipinski definition) is 2. The monoisotopic (exact) mass is 304 g/mol. The predicted octanol–water partition coefficient (Wildman–Crippen LogP) is 4.44. The molecule has 3 rings (SSSR count). The van der Waals surface area contributed by atoms with Crippen LogP contribution in [0.25, 0.3) is 0 Å². The quantitative estimate of drug-likeness (QED) is 0.824. The Morgan fingerprint density at radius 1 is 1.00 bits per heavy atom. The highest BCUT2D eigenvalue weighted by molar-refractivity contribution is 5.46. The van der Waals surface area contributed by atoms with Gasteiger partial charge in [-0.1, -0.05) is 48.0 Å². The van der Waals surface area contributed by atoms with E-state index in [1.807, 2.05) is 18.2 Å². The first-order valence-electron chi connectivity index (χ1n) is 8.11. The third-order valence-electron chi connectivity index (χ3n) is 4.65. The molecule has 23 heavy (non-hydrogen) atoms. The van der Waals surface area contributed by atoms with E-state index in [2.05, 4.69) is 56.3 Å². The lowest BCUT2D eigenvalue weighted by atomic mass is 9.76. The van der Waals surface area contributed by atoms with E-state index in [0.717, 1.165) is 17.8 Å². The summed E-state index contributed by atoms with van der Waals surface area (Å²) in [5.74, 6) is 0.726. The SMILES string of the molecule is Cc1ccc(C(c2ccc(N)cc2)C2C=CC(N)=CC2)c(C)c1. The summed E-state index contributed by atoms with van der Waals surface area (Å²) in [6, 6.07) is 15.0. The molecular weight excluding hydrogens is 280 g/mol. The second-order valence-corrected chi connectivity index (χ2v) is 6.47. The normalized spacial score (nSPS) is 18.5. The number of hydrogen-bond acceptors (Lipinski definition) is 2. The van der Waals surface area contributed by atoms with Crippen LogP contribution in [0.5, 0.6) is 0 Å². The first-order valence-corrected chi connectivity index (χ1v) is 8.11. The van der Waals surface area contributed by atoms with Crippen molar-refractivity contribution in [1.29, 1.82) is 0 Å². The molecule has 2 nitrogen and oxygen atoms in total. The van der Waals surface area contributed by atoms with E-state index < -0.39 is 0 Å². The largest absolute Gasteiger partial charge is 0.399 e. The summed E-state index contributed by atoms with van der Waals surface area (Å²) in [6.07, 6.45) is 7.36.